The van der Waals surface area contributed by atoms with E-state index in [2.05, 4.69) is 35.9 Å². The quantitative estimate of drug-likeness (QED) is 0.455. The van der Waals surface area contributed by atoms with Crippen molar-refractivity contribution >= 4 is 28.7 Å². The van der Waals surface area contributed by atoms with Crippen LogP contribution < -0.4 is 15.4 Å². The van der Waals surface area contributed by atoms with E-state index in [1.807, 2.05) is 20.8 Å². The molecule has 0 aliphatic carbocycles. The summed E-state index contributed by atoms with van der Waals surface area (Å²) < 4.78 is 21.9. The second-order valence-corrected chi connectivity index (χ2v) is 8.49. The van der Waals surface area contributed by atoms with Crippen molar-refractivity contribution in [2.75, 3.05) is 10.6 Å². The molecule has 0 unspecified atom stereocenters. The number of nitrogens with zero attached hydrogens (tertiary/aromatic N) is 6. The second kappa shape index (κ2) is 8.67. The van der Waals surface area contributed by atoms with Crippen LogP contribution >= 0.6 is 11.3 Å². The molecule has 0 saturated heterocycles. The Hall–Kier alpha value is -3.93. The van der Waals surface area contributed by atoms with Crippen LogP contribution in [0.2, 0.25) is 0 Å². The molecular weight excluding hydrogens is 435 g/mol. The first kappa shape index (κ1) is 21.3. The molecule has 1 aromatic carbocycles. The lowest BCUT2D eigenvalue weighted by molar-refractivity contribution is 0.262. The summed E-state index contributed by atoms with van der Waals surface area (Å²) in [5.74, 6) is -0.234. The largest absolute Gasteiger partial charge is 0.439 e. The molecular formula is C20H19FN8O2S. The van der Waals surface area contributed by atoms with Gasteiger partial charge in [0.1, 0.15) is 29.1 Å². The summed E-state index contributed by atoms with van der Waals surface area (Å²) in [5, 5.41) is 17.6. The van der Waals surface area contributed by atoms with E-state index in [1.165, 1.54) is 36.0 Å². The summed E-state index contributed by atoms with van der Waals surface area (Å²) in [6.07, 6.45) is 4.55. The van der Waals surface area contributed by atoms with E-state index in [0.29, 0.717) is 16.4 Å². The topological polar surface area (TPSA) is 120 Å². The molecule has 2 N–H and O–H groups in total. The number of rotatable bonds is 5. The zero-order valence-electron chi connectivity index (χ0n) is 17.4. The third-order valence-corrected chi connectivity index (χ3v) is 4.87. The molecule has 4 aromatic rings. The molecule has 0 bridgehead atoms. The molecule has 164 valence electrons. The van der Waals surface area contributed by atoms with Crippen LogP contribution in [0.25, 0.3) is 10.7 Å². The van der Waals surface area contributed by atoms with Gasteiger partial charge in [-0.05, 0) is 32.9 Å². The van der Waals surface area contributed by atoms with Gasteiger partial charge in [-0.1, -0.05) is 11.3 Å². The Labute approximate surface area is 186 Å². The molecule has 32 heavy (non-hydrogen) atoms. The Balaban J connectivity index is 1.41. The number of aromatic nitrogens is 6. The van der Waals surface area contributed by atoms with Gasteiger partial charge in [-0.2, -0.15) is 5.10 Å². The van der Waals surface area contributed by atoms with Gasteiger partial charge in [-0.25, -0.2) is 19.2 Å². The maximum absolute atomic E-state index is 14.5. The first-order valence-electron chi connectivity index (χ1n) is 9.47. The van der Waals surface area contributed by atoms with Gasteiger partial charge < -0.3 is 15.4 Å². The number of nitrogens with one attached hydrogen (secondary N) is 2. The maximum Gasteiger partial charge on any atom is 0.323 e. The molecule has 0 radical (unpaired) electrons. The van der Waals surface area contributed by atoms with Crippen LogP contribution in [-0.2, 0) is 5.54 Å². The fourth-order valence-corrected chi connectivity index (χ4v) is 3.14. The number of amides is 2. The van der Waals surface area contributed by atoms with Crippen molar-refractivity contribution in [1.82, 2.24) is 29.9 Å². The first-order chi connectivity index (χ1) is 15.3. The van der Waals surface area contributed by atoms with Gasteiger partial charge in [0.25, 0.3) is 0 Å². The Kier molecular flexibility index (Phi) is 5.77. The first-order valence-corrected chi connectivity index (χ1v) is 10.3. The molecule has 3 aromatic heterocycles. The number of urea groups is 1. The van der Waals surface area contributed by atoms with Gasteiger partial charge in [0.05, 0.1) is 23.1 Å². The molecule has 0 fully saturated rings. The van der Waals surface area contributed by atoms with Gasteiger partial charge in [0, 0.05) is 18.3 Å². The Morgan fingerprint density at radius 1 is 1.19 bits per heavy atom. The lowest BCUT2D eigenvalue weighted by Crippen LogP contribution is -2.22. The van der Waals surface area contributed by atoms with E-state index in [0.717, 1.165) is 6.07 Å². The van der Waals surface area contributed by atoms with Crippen molar-refractivity contribution in [3.8, 4) is 22.3 Å². The highest BCUT2D eigenvalue weighted by molar-refractivity contribution is 7.12. The van der Waals surface area contributed by atoms with Crippen molar-refractivity contribution < 1.29 is 13.9 Å². The Bertz CT molecular complexity index is 1240. The number of hydrogen-bond donors (Lipinski definition) is 2. The fourth-order valence-electron chi connectivity index (χ4n) is 2.62. The normalized spacial score (nSPS) is 11.2. The number of hydrogen-bond acceptors (Lipinski definition) is 8. The maximum atomic E-state index is 14.5. The van der Waals surface area contributed by atoms with Crippen molar-refractivity contribution in [3.63, 3.8) is 0 Å². The van der Waals surface area contributed by atoms with E-state index in [9.17, 15) is 9.18 Å². The van der Waals surface area contributed by atoms with Gasteiger partial charge in [-0.15, -0.1) is 10.2 Å². The van der Waals surface area contributed by atoms with E-state index < -0.39 is 11.8 Å². The molecule has 3 heterocycles. The van der Waals surface area contributed by atoms with E-state index >= 15 is 0 Å². The molecule has 10 nitrogen and oxygen atoms in total. The van der Waals surface area contributed by atoms with Gasteiger partial charge in [0.15, 0.2) is 5.01 Å². The number of anilines is 2. The van der Waals surface area contributed by atoms with Crippen LogP contribution in [0.5, 0.6) is 11.6 Å². The minimum atomic E-state index is -0.665. The van der Waals surface area contributed by atoms with Gasteiger partial charge in [-0.3, -0.25) is 4.68 Å². The van der Waals surface area contributed by atoms with E-state index in [4.69, 9.17) is 4.74 Å². The number of halogens is 1. The van der Waals surface area contributed by atoms with Crippen molar-refractivity contribution in [3.05, 3.63) is 54.3 Å². The number of carbonyl (C=O) groups excluding carboxylic acids is 1. The molecule has 0 saturated carbocycles. The SMILES string of the molecule is CC(C)(C)n1cc(NC(=O)Nc2ccc(Oc3cc(-c4nncs4)ncn3)cc2F)cn1. The number of ether oxygens (including phenoxy) is 1. The predicted octanol–water partition coefficient (Wildman–Crippen LogP) is 4.52. The molecule has 0 aliphatic rings. The van der Waals surface area contributed by atoms with Crippen LogP contribution in [-0.4, -0.2) is 36.0 Å². The highest BCUT2D eigenvalue weighted by Crippen LogP contribution is 2.27. The highest BCUT2D eigenvalue weighted by atomic mass is 32.1. The number of carbonyl (C=O) groups is 1. The second-order valence-electron chi connectivity index (χ2n) is 7.65. The van der Waals surface area contributed by atoms with Crippen molar-refractivity contribution in [2.45, 2.75) is 26.3 Å². The van der Waals surface area contributed by atoms with Gasteiger partial charge in [0.2, 0.25) is 5.88 Å². The van der Waals surface area contributed by atoms with Crippen LogP contribution in [0.4, 0.5) is 20.6 Å². The summed E-state index contributed by atoms with van der Waals surface area (Å²) in [4.78, 5) is 20.4. The summed E-state index contributed by atoms with van der Waals surface area (Å²) >= 11 is 1.32. The lowest BCUT2D eigenvalue weighted by Gasteiger charge is -2.18. The zero-order valence-corrected chi connectivity index (χ0v) is 18.2. The summed E-state index contributed by atoms with van der Waals surface area (Å²) in [7, 11) is 0. The van der Waals surface area contributed by atoms with E-state index in [-0.39, 0.29) is 22.9 Å². The summed E-state index contributed by atoms with van der Waals surface area (Å²) in [6, 6.07) is 5.05. The highest BCUT2D eigenvalue weighted by Gasteiger charge is 2.15. The Morgan fingerprint density at radius 3 is 2.72 bits per heavy atom. The molecule has 0 atom stereocenters. The third kappa shape index (κ3) is 5.03. The fraction of sp³-hybridized carbons (Fsp3) is 0.200. The van der Waals surface area contributed by atoms with Crippen LogP contribution in [0.3, 0.4) is 0 Å². The van der Waals surface area contributed by atoms with Crippen molar-refractivity contribution in [1.29, 1.82) is 0 Å². The molecule has 4 rings (SSSR count). The average molecular weight is 454 g/mol. The van der Waals surface area contributed by atoms with E-state index in [1.54, 1.807) is 22.5 Å². The van der Waals surface area contributed by atoms with Crippen LogP contribution in [0, 0.1) is 5.82 Å². The average Bonchev–Trinajstić information content (AvgIpc) is 3.42. The molecule has 2 amide bonds. The minimum absolute atomic E-state index is 0.00435. The monoisotopic (exact) mass is 454 g/mol. The molecule has 0 spiro atoms. The van der Waals surface area contributed by atoms with Crippen molar-refractivity contribution in [2.24, 2.45) is 0 Å². The predicted molar refractivity (Wildman–Crippen MR) is 117 cm³/mol. The van der Waals surface area contributed by atoms with Crippen LogP contribution in [0.15, 0.2) is 48.5 Å². The van der Waals surface area contributed by atoms with Gasteiger partial charge >= 0.3 is 6.03 Å². The smallest absolute Gasteiger partial charge is 0.323 e. The third-order valence-electron chi connectivity index (χ3n) is 4.16. The summed E-state index contributed by atoms with van der Waals surface area (Å²) in [6.45, 7) is 5.96. The molecule has 12 heteroatoms. The lowest BCUT2D eigenvalue weighted by atomic mass is 10.1. The van der Waals surface area contributed by atoms with Crippen LogP contribution in [0.1, 0.15) is 20.8 Å². The standard InChI is InChI=1S/C20H19FN8O2S/c1-20(2,3)29-9-12(8-25-29)26-19(30)27-15-5-4-13(6-14(15)21)31-17-7-16(22-10-23-17)18-28-24-11-32-18/h4-11H,1-3H3,(H2,26,27,30). The Morgan fingerprint density at radius 2 is 2.03 bits per heavy atom. The molecule has 0 aliphatic heterocycles. The number of benzene rings is 1. The summed E-state index contributed by atoms with van der Waals surface area (Å²) in [5.41, 5.74) is 2.40. The zero-order chi connectivity index (χ0) is 22.7. The minimum Gasteiger partial charge on any atom is -0.439 e.